The van der Waals surface area contributed by atoms with Gasteiger partial charge in [0.1, 0.15) is 6.10 Å². The average molecular weight is 190 g/mol. The van der Waals surface area contributed by atoms with Crippen LogP contribution in [0.25, 0.3) is 0 Å². The minimum Gasteiger partial charge on any atom is -0.388 e. The summed E-state index contributed by atoms with van der Waals surface area (Å²) in [6.07, 6.45) is 1.06. The van der Waals surface area contributed by atoms with Crippen LogP contribution in [0.2, 0.25) is 0 Å². The zero-order valence-electron chi connectivity index (χ0n) is 9.17. The highest BCUT2D eigenvalue weighted by Crippen LogP contribution is 2.24. The lowest BCUT2D eigenvalue weighted by molar-refractivity contribution is -0.130. The molecule has 0 amide bonds. The van der Waals surface area contributed by atoms with Crippen molar-refractivity contribution in [2.45, 2.75) is 45.3 Å². The van der Waals surface area contributed by atoms with Crippen LogP contribution in [0.1, 0.15) is 33.6 Å². The van der Waals surface area contributed by atoms with Crippen LogP contribution in [0.15, 0.2) is 0 Å². The summed E-state index contributed by atoms with van der Waals surface area (Å²) in [5.41, 5.74) is -0.435. The molecule has 0 aromatic rings. The molecular formula is C10H22O3. The molecule has 0 heterocycles. The molecule has 0 saturated carbocycles. The van der Waals surface area contributed by atoms with E-state index >= 15 is 0 Å². The predicted octanol–water partition coefficient (Wildman–Crippen LogP) is 1.59. The van der Waals surface area contributed by atoms with Gasteiger partial charge in [0.2, 0.25) is 0 Å². The number of ether oxygens (including phenoxy) is 2. The average Bonchev–Trinajstić information content (AvgIpc) is 2.18. The van der Waals surface area contributed by atoms with Crippen LogP contribution in [0.5, 0.6) is 0 Å². The molecule has 0 aliphatic heterocycles. The highest BCUT2D eigenvalue weighted by atomic mass is 16.5. The van der Waals surface area contributed by atoms with Gasteiger partial charge in [-0.1, -0.05) is 13.8 Å². The molecule has 0 radical (unpaired) electrons. The monoisotopic (exact) mass is 190 g/mol. The fraction of sp³-hybridized carbons (Fsp3) is 1.00. The van der Waals surface area contributed by atoms with E-state index in [1.807, 2.05) is 20.8 Å². The van der Waals surface area contributed by atoms with Crippen molar-refractivity contribution in [1.29, 1.82) is 0 Å². The number of aliphatic hydroxyl groups is 1. The van der Waals surface area contributed by atoms with Crippen molar-refractivity contribution in [1.82, 2.24) is 0 Å². The minimum atomic E-state index is -0.535. The fourth-order valence-electron chi connectivity index (χ4n) is 1.53. The summed E-state index contributed by atoms with van der Waals surface area (Å²) < 4.78 is 10.5. The van der Waals surface area contributed by atoms with Crippen molar-refractivity contribution >= 4 is 0 Å². The van der Waals surface area contributed by atoms with Crippen LogP contribution >= 0.6 is 0 Å². The minimum absolute atomic E-state index is 0.353. The molecule has 0 bridgehead atoms. The first kappa shape index (κ1) is 12.9. The molecule has 0 saturated heterocycles. The van der Waals surface area contributed by atoms with Crippen molar-refractivity contribution < 1.29 is 14.6 Å². The Morgan fingerprint density at radius 3 is 2.08 bits per heavy atom. The van der Waals surface area contributed by atoms with Crippen molar-refractivity contribution in [3.05, 3.63) is 0 Å². The van der Waals surface area contributed by atoms with Gasteiger partial charge in [0.05, 0.1) is 12.2 Å². The Morgan fingerprint density at radius 1 is 1.23 bits per heavy atom. The van der Waals surface area contributed by atoms with E-state index in [-0.39, 0.29) is 0 Å². The molecule has 0 spiro atoms. The van der Waals surface area contributed by atoms with Gasteiger partial charge in [0.25, 0.3) is 0 Å². The van der Waals surface area contributed by atoms with E-state index < -0.39 is 11.7 Å². The molecule has 1 N–H and O–H groups in total. The summed E-state index contributed by atoms with van der Waals surface area (Å²) >= 11 is 0. The van der Waals surface area contributed by atoms with Gasteiger partial charge in [0, 0.05) is 13.7 Å². The Balaban J connectivity index is 4.17. The van der Waals surface area contributed by atoms with Crippen molar-refractivity contribution in [2.24, 2.45) is 0 Å². The first-order valence-corrected chi connectivity index (χ1v) is 4.97. The molecule has 0 aliphatic rings. The van der Waals surface area contributed by atoms with Crippen LogP contribution < -0.4 is 0 Å². The van der Waals surface area contributed by atoms with Gasteiger partial charge in [-0.15, -0.1) is 0 Å². The van der Waals surface area contributed by atoms with E-state index in [1.54, 1.807) is 7.11 Å². The second-order valence-corrected chi connectivity index (χ2v) is 3.15. The third-order valence-electron chi connectivity index (χ3n) is 2.69. The number of rotatable bonds is 7. The third-order valence-corrected chi connectivity index (χ3v) is 2.69. The summed E-state index contributed by atoms with van der Waals surface area (Å²) in [5.74, 6) is 0. The maximum absolute atomic E-state index is 9.84. The van der Waals surface area contributed by atoms with E-state index in [0.29, 0.717) is 13.2 Å². The van der Waals surface area contributed by atoms with Gasteiger partial charge >= 0.3 is 0 Å². The van der Waals surface area contributed by atoms with Crippen LogP contribution in [0.3, 0.4) is 0 Å². The number of hydrogen-bond acceptors (Lipinski definition) is 3. The highest BCUT2D eigenvalue weighted by molar-refractivity contribution is 4.85. The van der Waals surface area contributed by atoms with Gasteiger partial charge in [-0.2, -0.15) is 0 Å². The summed E-state index contributed by atoms with van der Waals surface area (Å²) in [6.45, 7) is 6.93. The molecule has 3 nitrogen and oxygen atoms in total. The number of methoxy groups -OCH3 is 1. The lowest BCUT2D eigenvalue weighted by atomic mass is 9.91. The van der Waals surface area contributed by atoms with Gasteiger partial charge in [-0.05, 0) is 19.8 Å². The lowest BCUT2D eigenvalue weighted by Gasteiger charge is -2.34. The number of hydrogen-bond donors (Lipinski definition) is 1. The Hall–Kier alpha value is -0.120. The largest absolute Gasteiger partial charge is 0.388 e. The van der Waals surface area contributed by atoms with E-state index in [1.165, 1.54) is 0 Å². The lowest BCUT2D eigenvalue weighted by Crippen LogP contribution is -2.45. The SMILES string of the molecule is CCOCC(O)C(CC)(CC)OC. The zero-order chi connectivity index (χ0) is 10.3. The smallest absolute Gasteiger partial charge is 0.106 e. The van der Waals surface area contributed by atoms with E-state index in [2.05, 4.69) is 0 Å². The summed E-state index contributed by atoms with van der Waals surface area (Å²) in [5, 5.41) is 9.84. The van der Waals surface area contributed by atoms with E-state index in [0.717, 1.165) is 12.8 Å². The molecule has 0 fully saturated rings. The molecule has 13 heavy (non-hydrogen) atoms. The van der Waals surface area contributed by atoms with Crippen LogP contribution in [0.4, 0.5) is 0 Å². The molecule has 0 aromatic carbocycles. The molecule has 1 unspecified atom stereocenters. The van der Waals surface area contributed by atoms with Crippen molar-refractivity contribution in [2.75, 3.05) is 20.3 Å². The fourth-order valence-corrected chi connectivity index (χ4v) is 1.53. The Kier molecular flexibility index (Phi) is 6.29. The van der Waals surface area contributed by atoms with Gasteiger partial charge in [-0.25, -0.2) is 0 Å². The third kappa shape index (κ3) is 3.25. The van der Waals surface area contributed by atoms with Gasteiger partial charge in [-0.3, -0.25) is 0 Å². The molecule has 3 heteroatoms. The van der Waals surface area contributed by atoms with Gasteiger partial charge < -0.3 is 14.6 Å². The van der Waals surface area contributed by atoms with Crippen LogP contribution in [-0.4, -0.2) is 37.1 Å². The first-order valence-electron chi connectivity index (χ1n) is 4.97. The highest BCUT2D eigenvalue weighted by Gasteiger charge is 2.34. The summed E-state index contributed by atoms with van der Waals surface area (Å²) in [7, 11) is 1.64. The van der Waals surface area contributed by atoms with Crippen LogP contribution in [-0.2, 0) is 9.47 Å². The summed E-state index contributed by atoms with van der Waals surface area (Å²) in [6, 6.07) is 0. The number of aliphatic hydroxyl groups excluding tert-OH is 1. The van der Waals surface area contributed by atoms with Crippen molar-refractivity contribution in [3.8, 4) is 0 Å². The standard InChI is InChI=1S/C10H22O3/c1-5-10(6-2,12-4)9(11)8-13-7-3/h9,11H,5-8H2,1-4H3. The second kappa shape index (κ2) is 6.35. The van der Waals surface area contributed by atoms with E-state index in [9.17, 15) is 5.11 Å². The maximum atomic E-state index is 9.84. The van der Waals surface area contributed by atoms with Crippen LogP contribution in [0, 0.1) is 0 Å². The summed E-state index contributed by atoms with van der Waals surface area (Å²) in [4.78, 5) is 0. The topological polar surface area (TPSA) is 38.7 Å². The quantitative estimate of drug-likeness (QED) is 0.662. The molecular weight excluding hydrogens is 168 g/mol. The molecule has 0 rings (SSSR count). The van der Waals surface area contributed by atoms with E-state index in [4.69, 9.17) is 9.47 Å². The molecule has 0 aliphatic carbocycles. The molecule has 1 atom stereocenters. The maximum Gasteiger partial charge on any atom is 0.106 e. The Morgan fingerprint density at radius 2 is 1.77 bits per heavy atom. The first-order chi connectivity index (χ1) is 6.16. The molecule has 0 aromatic heterocycles. The zero-order valence-corrected chi connectivity index (χ0v) is 9.17. The van der Waals surface area contributed by atoms with Gasteiger partial charge in [0.15, 0.2) is 0 Å². The van der Waals surface area contributed by atoms with Crippen molar-refractivity contribution in [3.63, 3.8) is 0 Å². The second-order valence-electron chi connectivity index (χ2n) is 3.15. The Bertz CT molecular complexity index is 113. The molecule has 80 valence electrons. The Labute approximate surface area is 81.0 Å². The predicted molar refractivity (Wildman–Crippen MR) is 52.8 cm³/mol. The normalized spacial score (nSPS) is 14.5.